The molecule has 0 aliphatic carbocycles. The Labute approximate surface area is 397 Å². The molecule has 1 atom stereocenters. The van der Waals surface area contributed by atoms with Crippen molar-refractivity contribution in [3.8, 4) is 23.0 Å². The van der Waals surface area contributed by atoms with Gasteiger partial charge in [0, 0.05) is 66.4 Å². The lowest BCUT2D eigenvalue weighted by Crippen LogP contribution is -2.33. The zero-order chi connectivity index (χ0) is 48.8. The van der Waals surface area contributed by atoms with Crippen molar-refractivity contribution in [2.45, 2.75) is 84.7 Å². The SMILES string of the molecule is CCCCN(CCCC)c1ccc(C(=O)c2ccccc2C(=O)O)c(O)c1.CCCCN(CCCC)c1ccc2c(c1)Oc1ccc(F)cc1C21OC(=O)c2ccccc21.Oc1ccc(F)cc1. The maximum atomic E-state index is 14.4. The second-order valence-electron chi connectivity index (χ2n) is 16.8. The highest BCUT2D eigenvalue weighted by atomic mass is 19.1. The number of fused-ring (bicyclic) bond motifs is 6. The van der Waals surface area contributed by atoms with Crippen LogP contribution in [0.4, 0.5) is 20.2 Å². The van der Waals surface area contributed by atoms with Crippen LogP contribution < -0.4 is 14.5 Å². The number of carboxylic acid groups (broad SMARTS) is 1. The molecule has 0 amide bonds. The minimum Gasteiger partial charge on any atom is -0.508 e. The van der Waals surface area contributed by atoms with Crippen LogP contribution in [0.2, 0.25) is 0 Å². The van der Waals surface area contributed by atoms with Crippen LogP contribution in [-0.2, 0) is 10.3 Å². The fourth-order valence-corrected chi connectivity index (χ4v) is 8.33. The number of esters is 1. The van der Waals surface area contributed by atoms with Crippen LogP contribution in [0.5, 0.6) is 23.0 Å². The van der Waals surface area contributed by atoms with Gasteiger partial charge in [0.1, 0.15) is 34.6 Å². The molecule has 6 aromatic rings. The molecule has 8 rings (SSSR count). The van der Waals surface area contributed by atoms with Crippen LogP contribution in [0.1, 0.15) is 132 Å². The van der Waals surface area contributed by atoms with Crippen LogP contribution >= 0.6 is 0 Å². The van der Waals surface area contributed by atoms with Crippen molar-refractivity contribution in [3.63, 3.8) is 0 Å². The van der Waals surface area contributed by atoms with E-state index in [4.69, 9.17) is 14.6 Å². The summed E-state index contributed by atoms with van der Waals surface area (Å²) in [6, 6.07) is 33.8. The van der Waals surface area contributed by atoms with E-state index < -0.39 is 29.1 Å². The summed E-state index contributed by atoms with van der Waals surface area (Å²) in [5, 5.41) is 28.3. The lowest BCUT2D eigenvalue weighted by Gasteiger charge is -2.37. The number of aromatic carboxylic acids is 1. The predicted octanol–water partition coefficient (Wildman–Crippen LogP) is 13.1. The summed E-state index contributed by atoms with van der Waals surface area (Å²) in [7, 11) is 0. The van der Waals surface area contributed by atoms with Crippen molar-refractivity contribution in [3.05, 3.63) is 178 Å². The molecule has 12 heteroatoms. The highest BCUT2D eigenvalue weighted by Crippen LogP contribution is 2.56. The molecule has 0 radical (unpaired) electrons. The van der Waals surface area contributed by atoms with Crippen LogP contribution in [0.15, 0.2) is 127 Å². The van der Waals surface area contributed by atoms with E-state index in [2.05, 4.69) is 43.6 Å². The topological polar surface area (TPSA) is 137 Å². The number of ketones is 1. The smallest absolute Gasteiger partial charge is 0.340 e. The first-order chi connectivity index (χ1) is 32.9. The van der Waals surface area contributed by atoms with Crippen LogP contribution in [0, 0.1) is 11.6 Å². The highest BCUT2D eigenvalue weighted by Gasteiger charge is 2.53. The summed E-state index contributed by atoms with van der Waals surface area (Å²) < 4.78 is 38.7. The predicted molar refractivity (Wildman–Crippen MR) is 262 cm³/mol. The Morgan fingerprint density at radius 1 is 0.559 bits per heavy atom. The van der Waals surface area contributed by atoms with Gasteiger partial charge in [0.2, 0.25) is 0 Å². The third-order valence-electron chi connectivity index (χ3n) is 12.0. The summed E-state index contributed by atoms with van der Waals surface area (Å²) in [4.78, 5) is 41.6. The van der Waals surface area contributed by atoms with Gasteiger partial charge in [-0.1, -0.05) is 89.8 Å². The van der Waals surface area contributed by atoms with E-state index in [0.29, 0.717) is 33.8 Å². The number of hydrogen-bond donors (Lipinski definition) is 3. The van der Waals surface area contributed by atoms with E-state index in [-0.39, 0.29) is 34.0 Å². The molecular weight excluding hydrogens is 867 g/mol. The first kappa shape index (κ1) is 50.2. The Morgan fingerprint density at radius 2 is 1.10 bits per heavy atom. The van der Waals surface area contributed by atoms with Gasteiger partial charge < -0.3 is 34.6 Å². The number of carbonyl (C=O) groups excluding carboxylic acids is 2. The van der Waals surface area contributed by atoms with E-state index >= 15 is 0 Å². The molecule has 68 heavy (non-hydrogen) atoms. The maximum Gasteiger partial charge on any atom is 0.340 e. The molecule has 0 fully saturated rings. The number of aromatic hydroxyl groups is 2. The molecule has 10 nitrogen and oxygen atoms in total. The number of ether oxygens (including phenoxy) is 2. The third-order valence-corrected chi connectivity index (χ3v) is 12.0. The largest absolute Gasteiger partial charge is 0.508 e. The number of rotatable bonds is 17. The molecule has 0 bridgehead atoms. The van der Waals surface area contributed by atoms with Crippen LogP contribution in [0.3, 0.4) is 0 Å². The number of carbonyl (C=O) groups is 3. The molecule has 2 aliphatic rings. The van der Waals surface area contributed by atoms with Crippen LogP contribution in [-0.4, -0.2) is 59.2 Å². The number of phenolic OH excluding ortho intramolecular Hbond substituents is 2. The standard InChI is InChI=1S/C28H28FNO3.C22H27NO4.C6H5FO/c1-3-5-15-30(16-6-4-2)20-12-13-23-26(18-20)32-25-14-11-19(29)17-24(25)28(23)22-10-8-7-9-21(22)27(31)33-28;1-3-5-13-23(14-6-4-2)16-11-12-19(20(24)15-16)21(25)17-9-7-8-10-18(17)22(26)27;7-5-1-3-6(8)4-2-5/h7-14,17-18H,3-6,15-16H2,1-2H3;7-12,15,24H,3-6,13-14H2,1-2H3,(H,26,27);1-4,8H. The molecule has 2 aliphatic heterocycles. The molecule has 0 saturated heterocycles. The highest BCUT2D eigenvalue weighted by molar-refractivity contribution is 6.15. The normalized spacial score (nSPS) is 13.9. The molecule has 356 valence electrons. The lowest BCUT2D eigenvalue weighted by molar-refractivity contribution is 0.0223. The Balaban J connectivity index is 0.000000195. The zero-order valence-electron chi connectivity index (χ0n) is 39.1. The minimum absolute atomic E-state index is 0.0708. The Morgan fingerprint density at radius 3 is 1.68 bits per heavy atom. The number of anilines is 2. The van der Waals surface area contributed by atoms with Gasteiger partial charge in [0.15, 0.2) is 11.4 Å². The van der Waals surface area contributed by atoms with Crippen molar-refractivity contribution >= 4 is 29.1 Å². The second kappa shape index (κ2) is 23.5. The summed E-state index contributed by atoms with van der Waals surface area (Å²) >= 11 is 0. The summed E-state index contributed by atoms with van der Waals surface area (Å²) in [5.74, 6) is -1.71. The monoisotopic (exact) mass is 926 g/mol. The quantitative estimate of drug-likeness (QED) is 0.0599. The van der Waals surface area contributed by atoms with Crippen molar-refractivity contribution < 1.29 is 48.0 Å². The van der Waals surface area contributed by atoms with Gasteiger partial charge in [0.05, 0.1) is 22.3 Å². The first-order valence-electron chi connectivity index (χ1n) is 23.5. The van der Waals surface area contributed by atoms with Crippen molar-refractivity contribution in [1.82, 2.24) is 0 Å². The number of halogens is 2. The van der Waals surface area contributed by atoms with Crippen molar-refractivity contribution in [1.29, 1.82) is 0 Å². The molecule has 6 aromatic carbocycles. The summed E-state index contributed by atoms with van der Waals surface area (Å²) in [6.45, 7) is 12.4. The van der Waals surface area contributed by atoms with Crippen LogP contribution in [0.25, 0.3) is 0 Å². The Hall–Kier alpha value is -7.21. The first-order valence-corrected chi connectivity index (χ1v) is 23.5. The average Bonchev–Trinajstić information content (AvgIpc) is 3.64. The number of benzene rings is 6. The average molecular weight is 927 g/mol. The molecule has 1 spiro atoms. The Kier molecular flexibility index (Phi) is 17.3. The Bertz CT molecular complexity index is 2650. The van der Waals surface area contributed by atoms with Gasteiger partial charge in [-0.3, -0.25) is 4.79 Å². The van der Waals surface area contributed by atoms with E-state index in [9.17, 15) is 33.4 Å². The van der Waals surface area contributed by atoms with Crippen molar-refractivity contribution in [2.75, 3.05) is 36.0 Å². The van der Waals surface area contributed by atoms with Gasteiger partial charge in [-0.25, -0.2) is 18.4 Å². The van der Waals surface area contributed by atoms with Gasteiger partial charge in [-0.15, -0.1) is 0 Å². The second-order valence-corrected chi connectivity index (χ2v) is 16.8. The fraction of sp³-hybridized carbons (Fsp3) is 0.304. The van der Waals surface area contributed by atoms with Gasteiger partial charge >= 0.3 is 11.9 Å². The molecule has 0 aromatic heterocycles. The summed E-state index contributed by atoms with van der Waals surface area (Å²) in [5.41, 5.74) is 3.27. The molecule has 3 N–H and O–H groups in total. The number of hydrogen-bond acceptors (Lipinski definition) is 9. The number of nitrogens with zero attached hydrogens (tertiary/aromatic N) is 2. The van der Waals surface area contributed by atoms with E-state index in [1.54, 1.807) is 36.4 Å². The lowest BCUT2D eigenvalue weighted by atomic mass is 9.77. The summed E-state index contributed by atoms with van der Waals surface area (Å²) in [6.07, 6.45) is 8.73. The number of unbranched alkanes of at least 4 members (excludes halogenated alkanes) is 4. The molecule has 2 heterocycles. The van der Waals surface area contributed by atoms with E-state index in [0.717, 1.165) is 88.9 Å². The van der Waals surface area contributed by atoms with Gasteiger partial charge in [-0.05, 0) is 105 Å². The fourth-order valence-electron chi connectivity index (χ4n) is 8.33. The minimum atomic E-state index is -1.23. The third kappa shape index (κ3) is 11.5. The van der Waals surface area contributed by atoms with E-state index in [1.165, 1.54) is 48.5 Å². The van der Waals surface area contributed by atoms with Gasteiger partial charge in [0.25, 0.3) is 0 Å². The van der Waals surface area contributed by atoms with Crippen molar-refractivity contribution in [2.24, 2.45) is 0 Å². The number of phenols is 2. The number of carboxylic acids is 1. The zero-order valence-corrected chi connectivity index (χ0v) is 39.1. The van der Waals surface area contributed by atoms with E-state index in [1.807, 2.05) is 36.4 Å². The maximum absolute atomic E-state index is 14.4. The molecule has 1 unspecified atom stereocenters. The molecular formula is C56H60F2N2O8. The molecule has 0 saturated carbocycles. The van der Waals surface area contributed by atoms with Gasteiger partial charge in [-0.2, -0.15) is 0 Å².